The molecule has 1 aliphatic heterocycles. The smallest absolute Gasteiger partial charge is 0.229 e. The molecule has 3 rings (SSSR count). The maximum atomic E-state index is 12.6. The van der Waals surface area contributed by atoms with Crippen LogP contribution in [0.25, 0.3) is 0 Å². The molecule has 2 aromatic carbocycles. The van der Waals surface area contributed by atoms with Crippen LogP contribution < -0.4 is 16.0 Å². The monoisotopic (exact) mass is 381 g/mol. The van der Waals surface area contributed by atoms with Gasteiger partial charge in [-0.05, 0) is 50.0 Å². The number of methoxy groups -OCH3 is 1. The van der Waals surface area contributed by atoms with Gasteiger partial charge in [-0.1, -0.05) is 48.5 Å². The predicted molar refractivity (Wildman–Crippen MR) is 113 cm³/mol. The second kappa shape index (κ2) is 11.0. The predicted octanol–water partition coefficient (Wildman–Crippen LogP) is 3.36. The molecule has 1 unspecified atom stereocenters. The van der Waals surface area contributed by atoms with Crippen molar-refractivity contribution in [3.8, 4) is 0 Å². The van der Waals surface area contributed by atoms with Crippen LogP contribution in [-0.4, -0.2) is 38.8 Å². The Morgan fingerprint density at radius 2 is 1.86 bits per heavy atom. The van der Waals surface area contributed by atoms with Crippen LogP contribution in [0.4, 0.5) is 5.69 Å². The van der Waals surface area contributed by atoms with Crippen molar-refractivity contribution in [3.05, 3.63) is 66.2 Å². The van der Waals surface area contributed by atoms with Crippen molar-refractivity contribution in [2.24, 2.45) is 5.92 Å². The highest BCUT2D eigenvalue weighted by Crippen LogP contribution is 2.23. The third-order valence-electron chi connectivity index (χ3n) is 5.30. The second-order valence-corrected chi connectivity index (χ2v) is 7.34. The van der Waals surface area contributed by atoms with Gasteiger partial charge in [0.05, 0.1) is 12.5 Å². The fourth-order valence-electron chi connectivity index (χ4n) is 3.82. The summed E-state index contributed by atoms with van der Waals surface area (Å²) >= 11 is 0. The Hall–Kier alpha value is -2.21. The average Bonchev–Trinajstić information content (AvgIpc) is 2.75. The van der Waals surface area contributed by atoms with Crippen molar-refractivity contribution in [1.82, 2.24) is 10.6 Å². The van der Waals surface area contributed by atoms with E-state index in [9.17, 15) is 4.79 Å². The van der Waals surface area contributed by atoms with Gasteiger partial charge < -0.3 is 20.7 Å². The highest BCUT2D eigenvalue weighted by atomic mass is 16.5. The maximum absolute atomic E-state index is 12.6. The number of piperidine rings is 1. The Morgan fingerprint density at radius 1 is 1.14 bits per heavy atom. The highest BCUT2D eigenvalue weighted by molar-refractivity contribution is 5.92. The Morgan fingerprint density at radius 3 is 2.57 bits per heavy atom. The van der Waals surface area contributed by atoms with Gasteiger partial charge in [-0.15, -0.1) is 0 Å². The largest absolute Gasteiger partial charge is 0.384 e. The van der Waals surface area contributed by atoms with Crippen LogP contribution in [0.1, 0.15) is 30.9 Å². The van der Waals surface area contributed by atoms with E-state index in [0.29, 0.717) is 18.7 Å². The van der Waals surface area contributed by atoms with E-state index in [0.717, 1.165) is 38.0 Å². The molecule has 1 amide bonds. The summed E-state index contributed by atoms with van der Waals surface area (Å²) in [5, 5.41) is 10.3. The van der Waals surface area contributed by atoms with Gasteiger partial charge in [0.1, 0.15) is 0 Å². The summed E-state index contributed by atoms with van der Waals surface area (Å²) in [6.45, 7) is 2.25. The van der Waals surface area contributed by atoms with Crippen LogP contribution in [0.5, 0.6) is 0 Å². The number of hydrogen-bond acceptors (Lipinski definition) is 4. The number of carbonyl (C=O) groups is 1. The number of carbonyl (C=O) groups excluding carboxylic acids is 1. The van der Waals surface area contributed by atoms with E-state index in [1.54, 1.807) is 7.11 Å². The van der Waals surface area contributed by atoms with Crippen LogP contribution in [0.2, 0.25) is 0 Å². The van der Waals surface area contributed by atoms with E-state index in [1.807, 2.05) is 30.3 Å². The zero-order chi connectivity index (χ0) is 19.6. The molecule has 3 N–H and O–H groups in total. The minimum atomic E-state index is -0.176. The summed E-state index contributed by atoms with van der Waals surface area (Å²) < 4.78 is 5.29. The van der Waals surface area contributed by atoms with Gasteiger partial charge in [0.25, 0.3) is 0 Å². The number of rotatable bonds is 9. The van der Waals surface area contributed by atoms with Crippen LogP contribution in [0.15, 0.2) is 60.7 Å². The molecule has 0 spiro atoms. The van der Waals surface area contributed by atoms with Gasteiger partial charge in [-0.25, -0.2) is 0 Å². The number of benzene rings is 2. The first-order valence-electron chi connectivity index (χ1n) is 10.1. The lowest BCUT2D eigenvalue weighted by atomic mass is 9.92. The minimum Gasteiger partial charge on any atom is -0.384 e. The molecule has 5 heteroatoms. The summed E-state index contributed by atoms with van der Waals surface area (Å²) in [4.78, 5) is 12.6. The molecule has 1 fully saturated rings. The van der Waals surface area contributed by atoms with Gasteiger partial charge in [-0.2, -0.15) is 0 Å². The Labute approximate surface area is 167 Å². The van der Waals surface area contributed by atoms with Crippen LogP contribution in [0.3, 0.4) is 0 Å². The zero-order valence-corrected chi connectivity index (χ0v) is 16.6. The highest BCUT2D eigenvalue weighted by Gasteiger charge is 2.26. The molecule has 3 atom stereocenters. The first-order valence-corrected chi connectivity index (χ1v) is 10.1. The maximum Gasteiger partial charge on any atom is 0.229 e. The van der Waals surface area contributed by atoms with Gasteiger partial charge in [-0.3, -0.25) is 4.79 Å². The molecule has 0 radical (unpaired) electrons. The molecular weight excluding hydrogens is 350 g/mol. The molecule has 0 aromatic heterocycles. The average molecular weight is 382 g/mol. The molecule has 28 heavy (non-hydrogen) atoms. The van der Waals surface area contributed by atoms with Crippen molar-refractivity contribution >= 4 is 11.6 Å². The van der Waals surface area contributed by atoms with Crippen molar-refractivity contribution in [3.63, 3.8) is 0 Å². The van der Waals surface area contributed by atoms with E-state index < -0.39 is 0 Å². The van der Waals surface area contributed by atoms with E-state index >= 15 is 0 Å². The van der Waals surface area contributed by atoms with Gasteiger partial charge in [0.15, 0.2) is 0 Å². The topological polar surface area (TPSA) is 62.4 Å². The molecule has 1 heterocycles. The number of anilines is 1. The second-order valence-electron chi connectivity index (χ2n) is 7.34. The molecule has 2 aromatic rings. The summed E-state index contributed by atoms with van der Waals surface area (Å²) in [5.74, 6) is -0.166. The summed E-state index contributed by atoms with van der Waals surface area (Å²) in [7, 11) is 1.65. The number of amides is 1. The lowest BCUT2D eigenvalue weighted by molar-refractivity contribution is -0.121. The van der Waals surface area contributed by atoms with E-state index in [1.165, 1.54) is 5.56 Å². The Balaban J connectivity index is 1.53. The normalized spacial score (nSPS) is 20.5. The fourth-order valence-corrected chi connectivity index (χ4v) is 3.82. The van der Waals surface area contributed by atoms with E-state index in [4.69, 9.17) is 4.74 Å². The number of para-hydroxylation sites is 1. The molecule has 0 aliphatic carbocycles. The molecule has 0 bridgehead atoms. The number of hydrogen-bond donors (Lipinski definition) is 3. The standard InChI is InChI=1S/C23H31N3O2/c1-28-17-19(23(27)26-20-11-6-3-7-12-20)14-16-24-21-13-8-15-25-22(21)18-9-4-2-5-10-18/h2-7,9-12,19,21-22,24-25H,8,13-17H2,1H3,(H,26,27)/t19?,21-,22-/m0/s1. The Bertz CT molecular complexity index is 708. The first kappa shape index (κ1) is 20.5. The molecule has 5 nitrogen and oxygen atoms in total. The molecule has 1 saturated heterocycles. The minimum absolute atomic E-state index is 0.0104. The summed E-state index contributed by atoms with van der Waals surface area (Å²) in [6, 6.07) is 20.9. The SMILES string of the molecule is COCC(CCN[C@H]1CCCN[C@H]1c1ccccc1)C(=O)Nc1ccccc1. The van der Waals surface area contributed by atoms with Crippen molar-refractivity contribution in [1.29, 1.82) is 0 Å². The number of ether oxygens (including phenoxy) is 1. The lowest BCUT2D eigenvalue weighted by Gasteiger charge is -2.34. The third-order valence-corrected chi connectivity index (χ3v) is 5.30. The lowest BCUT2D eigenvalue weighted by Crippen LogP contribution is -2.46. The van der Waals surface area contributed by atoms with Crippen molar-refractivity contribution in [2.45, 2.75) is 31.3 Å². The van der Waals surface area contributed by atoms with Crippen LogP contribution in [0, 0.1) is 5.92 Å². The van der Waals surface area contributed by atoms with E-state index in [-0.39, 0.29) is 11.8 Å². The summed E-state index contributed by atoms with van der Waals surface area (Å²) in [6.07, 6.45) is 3.04. The molecular formula is C23H31N3O2. The Kier molecular flexibility index (Phi) is 8.03. The van der Waals surface area contributed by atoms with Crippen LogP contribution in [-0.2, 0) is 9.53 Å². The van der Waals surface area contributed by atoms with Crippen molar-refractivity contribution in [2.75, 3.05) is 32.1 Å². The number of nitrogens with one attached hydrogen (secondary N) is 3. The summed E-state index contributed by atoms with van der Waals surface area (Å²) in [5.41, 5.74) is 2.14. The zero-order valence-electron chi connectivity index (χ0n) is 16.6. The quantitative estimate of drug-likeness (QED) is 0.623. The molecule has 0 saturated carbocycles. The first-order chi connectivity index (χ1) is 13.8. The molecule has 150 valence electrons. The van der Waals surface area contributed by atoms with Gasteiger partial charge in [0.2, 0.25) is 5.91 Å². The fraction of sp³-hybridized carbons (Fsp3) is 0.435. The molecule has 1 aliphatic rings. The van der Waals surface area contributed by atoms with E-state index in [2.05, 4.69) is 46.3 Å². The third kappa shape index (κ3) is 5.89. The van der Waals surface area contributed by atoms with Gasteiger partial charge >= 0.3 is 0 Å². The van der Waals surface area contributed by atoms with Crippen molar-refractivity contribution < 1.29 is 9.53 Å². The van der Waals surface area contributed by atoms with Gasteiger partial charge in [0, 0.05) is 24.9 Å². The van der Waals surface area contributed by atoms with Crippen LogP contribution >= 0.6 is 0 Å².